The van der Waals surface area contributed by atoms with Crippen LogP contribution in [0.25, 0.3) is 0 Å². The minimum Gasteiger partial charge on any atom is -0.381 e. The van der Waals surface area contributed by atoms with Crippen molar-refractivity contribution in [1.29, 1.82) is 5.26 Å². The van der Waals surface area contributed by atoms with E-state index >= 15 is 0 Å². The lowest BCUT2D eigenvalue weighted by Gasteiger charge is -2.22. The highest BCUT2D eigenvalue weighted by atomic mass is 16.5. The quantitative estimate of drug-likeness (QED) is 0.680. The van der Waals surface area contributed by atoms with Crippen molar-refractivity contribution in [3.63, 3.8) is 0 Å². The standard InChI is InChI=1S/C15H25NO2/c1-12(2)5-9-18-10-8-15(11-16)7-6-14(3,4)13(15)17/h12H,5-10H2,1-4H3. The summed E-state index contributed by atoms with van der Waals surface area (Å²) in [6, 6.07) is 2.25. The Morgan fingerprint density at radius 1 is 1.33 bits per heavy atom. The summed E-state index contributed by atoms with van der Waals surface area (Å²) in [5, 5.41) is 9.34. The highest BCUT2D eigenvalue weighted by Gasteiger charge is 2.51. The van der Waals surface area contributed by atoms with Crippen LogP contribution in [0.5, 0.6) is 0 Å². The number of carbonyl (C=O) groups excluding carboxylic acids is 1. The van der Waals surface area contributed by atoms with Gasteiger partial charge in [-0.15, -0.1) is 0 Å². The van der Waals surface area contributed by atoms with Crippen LogP contribution in [0.3, 0.4) is 0 Å². The molecule has 1 unspecified atom stereocenters. The number of ketones is 1. The van der Waals surface area contributed by atoms with Gasteiger partial charge in [-0.05, 0) is 31.6 Å². The SMILES string of the molecule is CC(C)CCOCCC1(C#N)CCC(C)(C)C1=O. The molecule has 3 heteroatoms. The normalized spacial score (nSPS) is 26.6. The van der Waals surface area contributed by atoms with E-state index in [1.165, 1.54) is 0 Å². The van der Waals surface area contributed by atoms with Gasteiger partial charge in [-0.1, -0.05) is 27.7 Å². The summed E-state index contributed by atoms with van der Waals surface area (Å²) < 4.78 is 5.55. The number of nitriles is 1. The zero-order chi connectivity index (χ0) is 13.8. The molecule has 0 aliphatic heterocycles. The van der Waals surface area contributed by atoms with E-state index in [-0.39, 0.29) is 11.2 Å². The van der Waals surface area contributed by atoms with Crippen molar-refractivity contribution in [2.24, 2.45) is 16.7 Å². The molecule has 0 aromatic carbocycles. The van der Waals surface area contributed by atoms with E-state index in [0.29, 0.717) is 25.4 Å². The lowest BCUT2D eigenvalue weighted by Crippen LogP contribution is -2.32. The molecule has 0 spiro atoms. The Labute approximate surface area is 111 Å². The van der Waals surface area contributed by atoms with Gasteiger partial charge in [0.1, 0.15) is 5.41 Å². The molecule has 0 amide bonds. The smallest absolute Gasteiger partial charge is 0.158 e. The van der Waals surface area contributed by atoms with Gasteiger partial charge in [0.15, 0.2) is 5.78 Å². The van der Waals surface area contributed by atoms with Crippen molar-refractivity contribution in [2.45, 2.75) is 53.4 Å². The summed E-state index contributed by atoms with van der Waals surface area (Å²) in [4.78, 5) is 12.3. The van der Waals surface area contributed by atoms with Crippen molar-refractivity contribution < 1.29 is 9.53 Å². The molecule has 0 bridgehead atoms. The second kappa shape index (κ2) is 5.84. The average molecular weight is 251 g/mol. The van der Waals surface area contributed by atoms with Crippen molar-refractivity contribution in [3.05, 3.63) is 0 Å². The zero-order valence-corrected chi connectivity index (χ0v) is 12.1. The van der Waals surface area contributed by atoms with Crippen molar-refractivity contribution in [1.82, 2.24) is 0 Å². The fraction of sp³-hybridized carbons (Fsp3) is 0.867. The third kappa shape index (κ3) is 3.32. The van der Waals surface area contributed by atoms with Crippen LogP contribution in [0.15, 0.2) is 0 Å². The fourth-order valence-corrected chi connectivity index (χ4v) is 2.47. The van der Waals surface area contributed by atoms with Crippen LogP contribution in [0.4, 0.5) is 0 Å². The van der Waals surface area contributed by atoms with Gasteiger partial charge < -0.3 is 4.74 Å². The van der Waals surface area contributed by atoms with Gasteiger partial charge in [-0.3, -0.25) is 4.79 Å². The third-order valence-electron chi connectivity index (χ3n) is 3.95. The van der Waals surface area contributed by atoms with E-state index in [9.17, 15) is 10.1 Å². The summed E-state index contributed by atoms with van der Waals surface area (Å²) in [5.41, 5.74) is -1.13. The highest BCUT2D eigenvalue weighted by molar-refractivity contribution is 5.94. The number of carbonyl (C=O) groups is 1. The molecule has 0 N–H and O–H groups in total. The van der Waals surface area contributed by atoms with Crippen LogP contribution < -0.4 is 0 Å². The Balaban J connectivity index is 2.44. The van der Waals surface area contributed by atoms with Crippen molar-refractivity contribution in [2.75, 3.05) is 13.2 Å². The van der Waals surface area contributed by atoms with Crippen molar-refractivity contribution in [3.8, 4) is 6.07 Å². The number of nitrogens with zero attached hydrogens (tertiary/aromatic N) is 1. The van der Waals surface area contributed by atoms with Gasteiger partial charge in [-0.2, -0.15) is 5.26 Å². The molecule has 0 saturated heterocycles. The lowest BCUT2D eigenvalue weighted by molar-refractivity contribution is -0.130. The first-order valence-corrected chi connectivity index (χ1v) is 6.88. The molecule has 1 aliphatic carbocycles. The van der Waals surface area contributed by atoms with Gasteiger partial charge in [-0.25, -0.2) is 0 Å². The largest absolute Gasteiger partial charge is 0.381 e. The van der Waals surface area contributed by atoms with E-state index in [1.54, 1.807) is 0 Å². The summed E-state index contributed by atoms with van der Waals surface area (Å²) in [7, 11) is 0. The molecule has 0 aromatic heterocycles. The van der Waals surface area contributed by atoms with Gasteiger partial charge in [0, 0.05) is 18.6 Å². The number of rotatable bonds is 6. The Bertz CT molecular complexity index is 341. The van der Waals surface area contributed by atoms with Gasteiger partial charge in [0.2, 0.25) is 0 Å². The minimum atomic E-state index is -0.790. The van der Waals surface area contributed by atoms with Gasteiger partial charge >= 0.3 is 0 Å². The number of hydrogen-bond acceptors (Lipinski definition) is 3. The molecular formula is C15H25NO2. The topological polar surface area (TPSA) is 50.1 Å². The maximum atomic E-state index is 12.3. The van der Waals surface area contributed by atoms with E-state index in [4.69, 9.17) is 4.74 Å². The first kappa shape index (κ1) is 15.2. The maximum absolute atomic E-state index is 12.3. The summed E-state index contributed by atoms with van der Waals surface area (Å²) in [5.74, 6) is 0.729. The number of hydrogen-bond donors (Lipinski definition) is 0. The number of ether oxygens (including phenoxy) is 1. The molecule has 0 aromatic rings. The Kier molecular flexibility index (Phi) is 4.92. The summed E-state index contributed by atoms with van der Waals surface area (Å²) in [6.45, 7) is 9.42. The molecule has 102 valence electrons. The Morgan fingerprint density at radius 3 is 2.44 bits per heavy atom. The molecule has 1 rings (SSSR count). The summed E-state index contributed by atoms with van der Waals surface area (Å²) >= 11 is 0. The van der Waals surface area contributed by atoms with Crippen LogP contribution in [0, 0.1) is 28.1 Å². The predicted molar refractivity (Wildman–Crippen MR) is 71.0 cm³/mol. The first-order valence-electron chi connectivity index (χ1n) is 6.88. The minimum absolute atomic E-state index is 0.102. The van der Waals surface area contributed by atoms with E-state index in [0.717, 1.165) is 19.4 Å². The predicted octanol–water partition coefficient (Wildman–Crippen LogP) is 3.34. The Hall–Kier alpha value is -0.880. The molecule has 0 heterocycles. The highest BCUT2D eigenvalue weighted by Crippen LogP contribution is 2.47. The molecule has 1 saturated carbocycles. The molecule has 1 aliphatic rings. The Morgan fingerprint density at radius 2 is 2.00 bits per heavy atom. The second-order valence-corrected chi connectivity index (χ2v) is 6.45. The second-order valence-electron chi connectivity index (χ2n) is 6.45. The van der Waals surface area contributed by atoms with Crippen molar-refractivity contribution >= 4 is 5.78 Å². The summed E-state index contributed by atoms with van der Waals surface area (Å²) in [6.07, 6.45) is 3.07. The molecule has 1 atom stereocenters. The van der Waals surface area contributed by atoms with Crippen LogP contribution in [0.2, 0.25) is 0 Å². The molecule has 3 nitrogen and oxygen atoms in total. The molecule has 0 radical (unpaired) electrons. The zero-order valence-electron chi connectivity index (χ0n) is 12.1. The first-order chi connectivity index (χ1) is 8.34. The number of Topliss-reactive ketones (excluding diaryl/α,β-unsaturated/α-hetero) is 1. The molecule has 18 heavy (non-hydrogen) atoms. The molecule has 1 fully saturated rings. The fourth-order valence-electron chi connectivity index (χ4n) is 2.47. The van der Waals surface area contributed by atoms with Gasteiger partial charge in [0.25, 0.3) is 0 Å². The third-order valence-corrected chi connectivity index (χ3v) is 3.95. The monoisotopic (exact) mass is 251 g/mol. The van der Waals surface area contributed by atoms with Crippen LogP contribution in [0.1, 0.15) is 53.4 Å². The van der Waals surface area contributed by atoms with Crippen LogP contribution in [-0.2, 0) is 9.53 Å². The average Bonchev–Trinajstić information content (AvgIpc) is 2.53. The maximum Gasteiger partial charge on any atom is 0.158 e. The van der Waals surface area contributed by atoms with Crippen LogP contribution in [-0.4, -0.2) is 19.0 Å². The van der Waals surface area contributed by atoms with Gasteiger partial charge in [0.05, 0.1) is 6.07 Å². The van der Waals surface area contributed by atoms with E-state index in [2.05, 4.69) is 19.9 Å². The lowest BCUT2D eigenvalue weighted by atomic mass is 9.79. The van der Waals surface area contributed by atoms with Crippen LogP contribution >= 0.6 is 0 Å². The molecular weight excluding hydrogens is 226 g/mol. The van der Waals surface area contributed by atoms with E-state index < -0.39 is 5.41 Å². The van der Waals surface area contributed by atoms with E-state index in [1.807, 2.05) is 13.8 Å².